The first kappa shape index (κ1) is 16.7. The summed E-state index contributed by atoms with van der Waals surface area (Å²) in [6.07, 6.45) is 1.35. The fourth-order valence-electron chi connectivity index (χ4n) is 2.20. The number of amides is 1. The normalized spacial score (nSPS) is 12.4. The number of ether oxygens (including phenoxy) is 2. The Morgan fingerprint density at radius 1 is 1.24 bits per heavy atom. The molecule has 0 aromatic heterocycles. The molecule has 1 heterocycles. The standard InChI is InChI=1S/C18H14ClN3O3/c19-15-4-2-1-3-12(15)9-22-18(23)13(8-20)10-21-14-5-6-16-17(7-14)25-11-24-16/h1-7,10,21H,9,11H2,(H,22,23)/b13-10-. The zero-order chi connectivity index (χ0) is 17.6. The molecule has 2 N–H and O–H groups in total. The Morgan fingerprint density at radius 2 is 2.04 bits per heavy atom. The van der Waals surface area contributed by atoms with Crippen LogP contribution < -0.4 is 20.1 Å². The SMILES string of the molecule is N#C/C(=C/Nc1ccc2c(c1)OCO2)C(=O)NCc1ccccc1Cl. The van der Waals surface area contributed by atoms with Gasteiger partial charge in [0.25, 0.3) is 5.91 Å². The van der Waals surface area contributed by atoms with Crippen molar-refractivity contribution in [3.05, 3.63) is 64.8 Å². The Hall–Kier alpha value is -3.17. The van der Waals surface area contributed by atoms with Gasteiger partial charge in [-0.1, -0.05) is 29.8 Å². The first-order valence-electron chi connectivity index (χ1n) is 7.45. The third-order valence-corrected chi connectivity index (χ3v) is 3.89. The Morgan fingerprint density at radius 3 is 2.84 bits per heavy atom. The molecule has 0 saturated heterocycles. The highest BCUT2D eigenvalue weighted by molar-refractivity contribution is 6.31. The van der Waals surface area contributed by atoms with Crippen molar-refractivity contribution in [1.29, 1.82) is 5.26 Å². The molecular weight excluding hydrogens is 342 g/mol. The number of hydrogen-bond donors (Lipinski definition) is 2. The summed E-state index contributed by atoms with van der Waals surface area (Å²) in [5.41, 5.74) is 1.40. The zero-order valence-corrected chi connectivity index (χ0v) is 13.8. The molecule has 0 spiro atoms. The van der Waals surface area contributed by atoms with E-state index in [4.69, 9.17) is 21.1 Å². The third-order valence-electron chi connectivity index (χ3n) is 3.52. The van der Waals surface area contributed by atoms with Gasteiger partial charge in [0.2, 0.25) is 6.79 Å². The molecule has 1 amide bonds. The van der Waals surface area contributed by atoms with Crippen molar-refractivity contribution in [2.75, 3.05) is 12.1 Å². The average molecular weight is 356 g/mol. The fourth-order valence-corrected chi connectivity index (χ4v) is 2.41. The van der Waals surface area contributed by atoms with Crippen LogP contribution in [0, 0.1) is 11.3 Å². The lowest BCUT2D eigenvalue weighted by Gasteiger charge is -2.07. The summed E-state index contributed by atoms with van der Waals surface area (Å²) in [6.45, 7) is 0.421. The molecule has 7 heteroatoms. The molecule has 0 radical (unpaired) electrons. The van der Waals surface area contributed by atoms with Crippen LogP contribution in [-0.2, 0) is 11.3 Å². The van der Waals surface area contributed by atoms with E-state index < -0.39 is 5.91 Å². The van der Waals surface area contributed by atoms with Crippen molar-refractivity contribution in [3.8, 4) is 17.6 Å². The minimum atomic E-state index is -0.490. The van der Waals surface area contributed by atoms with Crippen LogP contribution in [0.3, 0.4) is 0 Å². The van der Waals surface area contributed by atoms with Gasteiger partial charge >= 0.3 is 0 Å². The van der Waals surface area contributed by atoms with Crippen LogP contribution in [0.1, 0.15) is 5.56 Å². The van der Waals surface area contributed by atoms with Gasteiger partial charge in [0, 0.05) is 29.5 Å². The number of halogens is 1. The van der Waals surface area contributed by atoms with Gasteiger partial charge in [-0.05, 0) is 23.8 Å². The molecular formula is C18H14ClN3O3. The molecule has 0 atom stereocenters. The number of nitriles is 1. The summed E-state index contributed by atoms with van der Waals surface area (Å²) in [4.78, 5) is 12.1. The maximum absolute atomic E-state index is 12.1. The van der Waals surface area contributed by atoms with E-state index in [1.165, 1.54) is 6.20 Å². The highest BCUT2D eigenvalue weighted by atomic mass is 35.5. The topological polar surface area (TPSA) is 83.4 Å². The van der Waals surface area contributed by atoms with Gasteiger partial charge in [-0.15, -0.1) is 0 Å². The molecule has 126 valence electrons. The molecule has 0 fully saturated rings. The second-order valence-electron chi connectivity index (χ2n) is 5.16. The van der Waals surface area contributed by atoms with Crippen molar-refractivity contribution in [2.24, 2.45) is 0 Å². The van der Waals surface area contributed by atoms with Gasteiger partial charge in [0.05, 0.1) is 0 Å². The number of rotatable bonds is 5. The van der Waals surface area contributed by atoms with Crippen LogP contribution in [0.15, 0.2) is 54.2 Å². The van der Waals surface area contributed by atoms with E-state index in [-0.39, 0.29) is 18.9 Å². The van der Waals surface area contributed by atoms with Gasteiger partial charge in [-0.2, -0.15) is 5.26 Å². The van der Waals surface area contributed by atoms with Crippen LogP contribution in [0.5, 0.6) is 11.5 Å². The first-order chi connectivity index (χ1) is 12.2. The summed E-state index contributed by atoms with van der Waals surface area (Å²) < 4.78 is 10.5. The van der Waals surface area contributed by atoms with Crippen molar-refractivity contribution in [2.45, 2.75) is 6.54 Å². The number of benzene rings is 2. The second kappa shape index (κ2) is 7.60. The molecule has 0 saturated carbocycles. The smallest absolute Gasteiger partial charge is 0.263 e. The number of carbonyl (C=O) groups excluding carboxylic acids is 1. The maximum atomic E-state index is 12.1. The maximum Gasteiger partial charge on any atom is 0.263 e. The molecule has 0 unspecified atom stereocenters. The highest BCUT2D eigenvalue weighted by Crippen LogP contribution is 2.34. The number of nitrogens with zero attached hydrogens (tertiary/aromatic N) is 1. The Labute approximate surface area is 149 Å². The van der Waals surface area contributed by atoms with E-state index >= 15 is 0 Å². The van der Waals surface area contributed by atoms with E-state index in [2.05, 4.69) is 10.6 Å². The van der Waals surface area contributed by atoms with E-state index in [1.807, 2.05) is 24.3 Å². The molecule has 2 aromatic carbocycles. The summed E-state index contributed by atoms with van der Waals surface area (Å²) in [6, 6.07) is 14.3. The Balaban J connectivity index is 1.63. The summed E-state index contributed by atoms with van der Waals surface area (Å²) in [7, 11) is 0. The van der Waals surface area contributed by atoms with Crippen molar-refractivity contribution in [3.63, 3.8) is 0 Å². The van der Waals surface area contributed by atoms with Crippen molar-refractivity contribution >= 4 is 23.2 Å². The van der Waals surface area contributed by atoms with Gasteiger partial charge in [0.1, 0.15) is 11.6 Å². The van der Waals surface area contributed by atoms with E-state index in [0.717, 1.165) is 5.56 Å². The lowest BCUT2D eigenvalue weighted by molar-refractivity contribution is -0.117. The monoisotopic (exact) mass is 355 g/mol. The molecule has 25 heavy (non-hydrogen) atoms. The molecule has 6 nitrogen and oxygen atoms in total. The first-order valence-corrected chi connectivity index (χ1v) is 7.83. The van der Waals surface area contributed by atoms with Crippen LogP contribution in [0.25, 0.3) is 0 Å². The summed E-state index contributed by atoms with van der Waals surface area (Å²) in [5.74, 6) is 0.781. The lowest BCUT2D eigenvalue weighted by Crippen LogP contribution is -2.24. The van der Waals surface area contributed by atoms with Gasteiger partial charge < -0.3 is 20.1 Å². The number of anilines is 1. The number of nitrogens with one attached hydrogen (secondary N) is 2. The van der Waals surface area contributed by atoms with Crippen molar-refractivity contribution in [1.82, 2.24) is 5.32 Å². The minimum Gasteiger partial charge on any atom is -0.454 e. The van der Waals surface area contributed by atoms with Crippen LogP contribution in [-0.4, -0.2) is 12.7 Å². The summed E-state index contributed by atoms with van der Waals surface area (Å²) in [5, 5.41) is 15.3. The number of hydrogen-bond acceptors (Lipinski definition) is 5. The fraction of sp³-hybridized carbons (Fsp3) is 0.111. The predicted molar refractivity (Wildman–Crippen MR) is 93.2 cm³/mol. The van der Waals surface area contributed by atoms with Crippen LogP contribution in [0.2, 0.25) is 5.02 Å². The van der Waals surface area contributed by atoms with Crippen molar-refractivity contribution < 1.29 is 14.3 Å². The van der Waals surface area contributed by atoms with Gasteiger partial charge in [-0.25, -0.2) is 0 Å². The largest absolute Gasteiger partial charge is 0.454 e. The highest BCUT2D eigenvalue weighted by Gasteiger charge is 2.13. The lowest BCUT2D eigenvalue weighted by atomic mass is 10.2. The Bertz CT molecular complexity index is 874. The van der Waals surface area contributed by atoms with E-state index in [0.29, 0.717) is 22.2 Å². The molecule has 0 bridgehead atoms. The molecule has 3 rings (SSSR count). The number of fused-ring (bicyclic) bond motifs is 1. The molecule has 1 aliphatic rings. The predicted octanol–water partition coefficient (Wildman–Crippen LogP) is 3.20. The van der Waals surface area contributed by atoms with E-state index in [1.54, 1.807) is 24.3 Å². The quantitative estimate of drug-likeness (QED) is 0.635. The van der Waals surface area contributed by atoms with Gasteiger partial charge in [0.15, 0.2) is 11.5 Å². The van der Waals surface area contributed by atoms with Gasteiger partial charge in [-0.3, -0.25) is 4.79 Å². The van der Waals surface area contributed by atoms with E-state index in [9.17, 15) is 10.1 Å². The zero-order valence-electron chi connectivity index (χ0n) is 13.1. The second-order valence-corrected chi connectivity index (χ2v) is 5.56. The minimum absolute atomic E-state index is 0.0512. The average Bonchev–Trinajstić information content (AvgIpc) is 3.09. The molecule has 2 aromatic rings. The summed E-state index contributed by atoms with van der Waals surface area (Å²) >= 11 is 6.04. The molecule has 0 aliphatic carbocycles. The van der Waals surface area contributed by atoms with Crippen LogP contribution >= 0.6 is 11.6 Å². The third kappa shape index (κ3) is 4.03. The van der Waals surface area contributed by atoms with Crippen LogP contribution in [0.4, 0.5) is 5.69 Å². The Kier molecular flexibility index (Phi) is 5.07. The number of carbonyl (C=O) groups is 1. The molecule has 1 aliphatic heterocycles.